The van der Waals surface area contributed by atoms with E-state index in [-0.39, 0.29) is 5.41 Å². The number of hydrogen-bond donors (Lipinski definition) is 1. The highest BCUT2D eigenvalue weighted by Gasteiger charge is 2.42. The van der Waals surface area contributed by atoms with Crippen LogP contribution in [0.1, 0.15) is 36.5 Å². The van der Waals surface area contributed by atoms with Gasteiger partial charge in [0.25, 0.3) is 0 Å². The largest absolute Gasteiger partial charge is 0.411 e. The number of rotatable bonds is 7. The molecule has 0 saturated carbocycles. The number of benzene rings is 2. The Labute approximate surface area is 149 Å². The normalized spacial score (nSPS) is 15.1. The first kappa shape index (κ1) is 17.6. The highest BCUT2D eigenvalue weighted by Crippen LogP contribution is 2.52. The third-order valence-electron chi connectivity index (χ3n) is 5.30. The van der Waals surface area contributed by atoms with Crippen molar-refractivity contribution in [2.45, 2.75) is 25.2 Å². The molecule has 1 aliphatic carbocycles. The maximum Gasteiger partial charge on any atom is 0.0837 e. The quantitative estimate of drug-likeness (QED) is 0.467. The molecule has 0 saturated heterocycles. The van der Waals surface area contributed by atoms with E-state index in [4.69, 9.17) is 9.47 Å². The number of fused-ring (bicyclic) bond motifs is 3. The fourth-order valence-electron chi connectivity index (χ4n) is 3.95. The number of ether oxygens (including phenoxy) is 2. The van der Waals surface area contributed by atoms with Gasteiger partial charge >= 0.3 is 0 Å². The van der Waals surface area contributed by atoms with Gasteiger partial charge in [-0.25, -0.2) is 0 Å². The molecule has 2 aromatic carbocycles. The van der Waals surface area contributed by atoms with Crippen molar-refractivity contribution in [2.75, 3.05) is 27.4 Å². The number of hydrogen-bond acceptors (Lipinski definition) is 4. The summed E-state index contributed by atoms with van der Waals surface area (Å²) in [6.45, 7) is 3.17. The van der Waals surface area contributed by atoms with Crippen LogP contribution in [0.25, 0.3) is 11.1 Å². The molecule has 2 aromatic rings. The first-order valence-electron chi connectivity index (χ1n) is 8.59. The fourth-order valence-corrected chi connectivity index (χ4v) is 3.95. The number of oxime groups is 1. The molecule has 4 heteroatoms. The highest BCUT2D eigenvalue weighted by molar-refractivity contribution is 5.99. The SMILES string of the molecule is COCCC1(CCOC)c2ccccc2-c2ccc(/C(C)=N/O)cc21. The van der Waals surface area contributed by atoms with E-state index >= 15 is 0 Å². The third-order valence-corrected chi connectivity index (χ3v) is 5.30. The van der Waals surface area contributed by atoms with Crippen LogP contribution >= 0.6 is 0 Å². The fraction of sp³-hybridized carbons (Fsp3) is 0.381. The molecule has 0 heterocycles. The zero-order chi connectivity index (χ0) is 17.9. The topological polar surface area (TPSA) is 51.0 Å². The Kier molecular flexibility index (Phi) is 5.21. The van der Waals surface area contributed by atoms with Gasteiger partial charge in [0, 0.05) is 32.8 Å². The zero-order valence-corrected chi connectivity index (χ0v) is 15.1. The van der Waals surface area contributed by atoms with Crippen LogP contribution in [-0.2, 0) is 14.9 Å². The van der Waals surface area contributed by atoms with E-state index in [0.29, 0.717) is 18.9 Å². The van der Waals surface area contributed by atoms with Gasteiger partial charge in [-0.3, -0.25) is 0 Å². The average Bonchev–Trinajstić information content (AvgIpc) is 2.94. The first-order chi connectivity index (χ1) is 12.2. The summed E-state index contributed by atoms with van der Waals surface area (Å²) in [5.41, 5.74) is 6.52. The van der Waals surface area contributed by atoms with Crippen LogP contribution in [0.5, 0.6) is 0 Å². The van der Waals surface area contributed by atoms with Crippen LogP contribution in [-0.4, -0.2) is 38.4 Å². The summed E-state index contributed by atoms with van der Waals surface area (Å²) in [6.07, 6.45) is 1.77. The monoisotopic (exact) mass is 339 g/mol. The van der Waals surface area contributed by atoms with Gasteiger partial charge in [-0.05, 0) is 53.6 Å². The first-order valence-corrected chi connectivity index (χ1v) is 8.59. The van der Waals surface area contributed by atoms with Gasteiger partial charge in [0.05, 0.1) is 5.71 Å². The van der Waals surface area contributed by atoms with E-state index in [0.717, 1.165) is 18.4 Å². The Hall–Kier alpha value is -2.17. The average molecular weight is 339 g/mol. The molecule has 0 amide bonds. The molecule has 132 valence electrons. The van der Waals surface area contributed by atoms with Crippen molar-refractivity contribution in [3.8, 4) is 11.1 Å². The number of nitrogens with zero attached hydrogens (tertiary/aromatic N) is 1. The zero-order valence-electron chi connectivity index (χ0n) is 15.1. The lowest BCUT2D eigenvalue weighted by atomic mass is 9.73. The van der Waals surface area contributed by atoms with E-state index < -0.39 is 0 Å². The molecule has 25 heavy (non-hydrogen) atoms. The van der Waals surface area contributed by atoms with E-state index in [1.54, 1.807) is 14.2 Å². The molecule has 4 nitrogen and oxygen atoms in total. The van der Waals surface area contributed by atoms with Crippen molar-refractivity contribution in [3.05, 3.63) is 59.2 Å². The summed E-state index contributed by atoms with van der Waals surface area (Å²) in [5, 5.41) is 12.5. The van der Waals surface area contributed by atoms with Crippen LogP contribution < -0.4 is 0 Å². The van der Waals surface area contributed by atoms with Gasteiger partial charge in [-0.1, -0.05) is 41.6 Å². The van der Waals surface area contributed by atoms with Gasteiger partial charge < -0.3 is 14.7 Å². The Morgan fingerprint density at radius 2 is 1.60 bits per heavy atom. The molecular weight excluding hydrogens is 314 g/mol. The molecule has 0 aliphatic heterocycles. The maximum absolute atomic E-state index is 9.17. The molecule has 1 N–H and O–H groups in total. The summed E-state index contributed by atoms with van der Waals surface area (Å²) in [6, 6.07) is 14.9. The van der Waals surface area contributed by atoms with E-state index in [2.05, 4.69) is 41.6 Å². The summed E-state index contributed by atoms with van der Waals surface area (Å²) in [7, 11) is 3.48. The molecule has 0 fully saturated rings. The summed E-state index contributed by atoms with van der Waals surface area (Å²) in [5.74, 6) is 0. The van der Waals surface area contributed by atoms with Gasteiger partial charge in [-0.2, -0.15) is 0 Å². The van der Waals surface area contributed by atoms with E-state index in [9.17, 15) is 5.21 Å². The van der Waals surface area contributed by atoms with Crippen LogP contribution in [0.15, 0.2) is 47.6 Å². The van der Waals surface area contributed by atoms with Gasteiger partial charge in [0.2, 0.25) is 0 Å². The van der Waals surface area contributed by atoms with Gasteiger partial charge in [0.15, 0.2) is 0 Å². The van der Waals surface area contributed by atoms with E-state index in [1.165, 1.54) is 22.3 Å². The van der Waals surface area contributed by atoms with Gasteiger partial charge in [-0.15, -0.1) is 0 Å². The third kappa shape index (κ3) is 2.96. The predicted molar refractivity (Wildman–Crippen MR) is 99.6 cm³/mol. The minimum atomic E-state index is -0.149. The van der Waals surface area contributed by atoms with Crippen molar-refractivity contribution in [1.29, 1.82) is 0 Å². The molecule has 0 aromatic heterocycles. The lowest BCUT2D eigenvalue weighted by molar-refractivity contribution is 0.145. The van der Waals surface area contributed by atoms with Crippen molar-refractivity contribution in [1.82, 2.24) is 0 Å². The second kappa shape index (κ2) is 7.38. The highest BCUT2D eigenvalue weighted by atomic mass is 16.5. The van der Waals surface area contributed by atoms with Crippen molar-refractivity contribution >= 4 is 5.71 Å². The van der Waals surface area contributed by atoms with Crippen molar-refractivity contribution < 1.29 is 14.7 Å². The molecule has 0 atom stereocenters. The summed E-state index contributed by atoms with van der Waals surface area (Å²) in [4.78, 5) is 0. The molecule has 0 unspecified atom stereocenters. The van der Waals surface area contributed by atoms with Crippen LogP contribution in [0.4, 0.5) is 0 Å². The minimum Gasteiger partial charge on any atom is -0.411 e. The molecular formula is C21H25NO3. The Morgan fingerprint density at radius 1 is 0.960 bits per heavy atom. The minimum absolute atomic E-state index is 0.149. The predicted octanol–water partition coefficient (Wildman–Crippen LogP) is 4.22. The van der Waals surface area contributed by atoms with Crippen LogP contribution in [0.2, 0.25) is 0 Å². The van der Waals surface area contributed by atoms with Crippen LogP contribution in [0, 0.1) is 0 Å². The Bertz CT molecular complexity index is 774. The smallest absolute Gasteiger partial charge is 0.0837 e. The van der Waals surface area contributed by atoms with E-state index in [1.807, 2.05) is 13.0 Å². The molecule has 1 aliphatic rings. The van der Waals surface area contributed by atoms with Gasteiger partial charge in [0.1, 0.15) is 0 Å². The summed E-state index contributed by atoms with van der Waals surface area (Å²) < 4.78 is 10.9. The second-order valence-corrected chi connectivity index (χ2v) is 6.56. The van der Waals surface area contributed by atoms with Crippen molar-refractivity contribution in [2.24, 2.45) is 5.16 Å². The lowest BCUT2D eigenvalue weighted by Crippen LogP contribution is -2.29. The lowest BCUT2D eigenvalue weighted by Gasteiger charge is -2.32. The maximum atomic E-state index is 9.17. The second-order valence-electron chi connectivity index (χ2n) is 6.56. The molecule has 0 spiro atoms. The Morgan fingerprint density at radius 3 is 2.24 bits per heavy atom. The number of methoxy groups -OCH3 is 2. The van der Waals surface area contributed by atoms with Crippen molar-refractivity contribution in [3.63, 3.8) is 0 Å². The Balaban J connectivity index is 2.22. The molecule has 3 rings (SSSR count). The standard InChI is InChI=1S/C21H25NO3/c1-15(22-23)16-8-9-18-17-6-4-5-7-19(17)21(10-12-24-2,11-13-25-3)20(18)14-16/h4-9,14,23H,10-13H2,1-3H3/b22-15+. The molecule has 0 radical (unpaired) electrons. The summed E-state index contributed by atoms with van der Waals surface area (Å²) >= 11 is 0. The molecule has 0 bridgehead atoms. The van der Waals surface area contributed by atoms with Crippen LogP contribution in [0.3, 0.4) is 0 Å².